The van der Waals surface area contributed by atoms with Crippen molar-refractivity contribution in [1.82, 2.24) is 10.2 Å². The molecule has 1 atom stereocenters. The average Bonchev–Trinajstić information content (AvgIpc) is 3.62. The van der Waals surface area contributed by atoms with E-state index in [4.69, 9.17) is 19.2 Å². The number of anilines is 3. The number of guanidine groups is 1. The standard InChI is InChI=1S/C29H34N8O3/c30-16-22-15-21(1-6-26(22)37-8-7-29(19-37)39-13-14-40-29)27-31-20-32-28(34-27)33-23-2-4-24(5-3-23)35-9-11-36(12-10-35)25-17-38-18-25/h1-6,15,20,25,27H,7-14,17-19H2,(H2,31,32,33,34). The lowest BCUT2D eigenvalue weighted by Gasteiger charge is -2.43. The van der Waals surface area contributed by atoms with Crippen LogP contribution in [-0.2, 0) is 14.2 Å². The zero-order chi connectivity index (χ0) is 26.9. The number of hydrogen-bond acceptors (Lipinski definition) is 11. The van der Waals surface area contributed by atoms with Crippen LogP contribution in [0.3, 0.4) is 0 Å². The van der Waals surface area contributed by atoms with E-state index in [1.165, 1.54) is 5.69 Å². The van der Waals surface area contributed by atoms with Gasteiger partial charge in [0.15, 0.2) is 12.0 Å². The number of nitrogens with zero attached hydrogens (tertiary/aromatic N) is 6. The van der Waals surface area contributed by atoms with Gasteiger partial charge in [-0.3, -0.25) is 4.90 Å². The van der Waals surface area contributed by atoms with Crippen LogP contribution in [0.25, 0.3) is 0 Å². The van der Waals surface area contributed by atoms with Gasteiger partial charge < -0.3 is 34.6 Å². The molecule has 5 heterocycles. The molecule has 2 aromatic carbocycles. The summed E-state index contributed by atoms with van der Waals surface area (Å²) in [6, 6.07) is 17.3. The van der Waals surface area contributed by atoms with Crippen LogP contribution in [0.4, 0.5) is 17.1 Å². The summed E-state index contributed by atoms with van der Waals surface area (Å²) in [6.07, 6.45) is 2.01. The predicted molar refractivity (Wildman–Crippen MR) is 153 cm³/mol. The van der Waals surface area contributed by atoms with E-state index in [2.05, 4.69) is 60.7 Å². The van der Waals surface area contributed by atoms with Crippen LogP contribution in [0.15, 0.2) is 52.4 Å². The van der Waals surface area contributed by atoms with Crippen molar-refractivity contribution in [3.05, 3.63) is 53.6 Å². The van der Waals surface area contributed by atoms with Gasteiger partial charge in [-0.15, -0.1) is 0 Å². The monoisotopic (exact) mass is 542 g/mol. The van der Waals surface area contributed by atoms with Crippen molar-refractivity contribution in [2.24, 2.45) is 9.98 Å². The van der Waals surface area contributed by atoms with Crippen molar-refractivity contribution in [1.29, 1.82) is 5.26 Å². The van der Waals surface area contributed by atoms with Crippen molar-refractivity contribution >= 4 is 29.4 Å². The molecule has 2 N–H and O–H groups in total. The fraction of sp³-hybridized carbons (Fsp3) is 0.483. The molecule has 4 fully saturated rings. The lowest BCUT2D eigenvalue weighted by Crippen LogP contribution is -2.56. The topological polar surface area (TPSA) is 110 Å². The summed E-state index contributed by atoms with van der Waals surface area (Å²) >= 11 is 0. The summed E-state index contributed by atoms with van der Waals surface area (Å²) in [6.45, 7) is 8.62. The van der Waals surface area contributed by atoms with Crippen LogP contribution in [0.5, 0.6) is 0 Å². The first-order valence-electron chi connectivity index (χ1n) is 14.0. The van der Waals surface area contributed by atoms with E-state index in [1.54, 1.807) is 6.34 Å². The van der Waals surface area contributed by atoms with Crippen molar-refractivity contribution in [3.8, 4) is 6.07 Å². The Bertz CT molecular complexity index is 1320. The Morgan fingerprint density at radius 1 is 0.975 bits per heavy atom. The van der Waals surface area contributed by atoms with Crippen molar-refractivity contribution < 1.29 is 14.2 Å². The van der Waals surface area contributed by atoms with Gasteiger partial charge in [0.05, 0.1) is 56.6 Å². The highest BCUT2D eigenvalue weighted by atomic mass is 16.7. The highest BCUT2D eigenvalue weighted by molar-refractivity contribution is 6.01. The fourth-order valence-corrected chi connectivity index (χ4v) is 6.03. The number of rotatable bonds is 5. The normalized spacial score (nSPS) is 24.5. The van der Waals surface area contributed by atoms with Gasteiger partial charge >= 0.3 is 0 Å². The summed E-state index contributed by atoms with van der Waals surface area (Å²) in [7, 11) is 0. The number of benzene rings is 2. The van der Waals surface area contributed by atoms with Gasteiger partial charge in [-0.1, -0.05) is 6.07 Å². The number of hydrogen-bond donors (Lipinski definition) is 2. The third-order valence-corrected chi connectivity index (χ3v) is 8.40. The summed E-state index contributed by atoms with van der Waals surface area (Å²) in [4.78, 5) is 16.4. The molecule has 0 bridgehead atoms. The average molecular weight is 543 g/mol. The molecule has 2 aromatic rings. The molecule has 11 nitrogen and oxygen atoms in total. The molecule has 4 saturated heterocycles. The Morgan fingerprint density at radius 2 is 1.77 bits per heavy atom. The number of nitriles is 1. The van der Waals surface area contributed by atoms with Crippen LogP contribution in [-0.4, -0.2) is 94.7 Å². The van der Waals surface area contributed by atoms with Gasteiger partial charge in [0.25, 0.3) is 0 Å². The van der Waals surface area contributed by atoms with Crippen LogP contribution >= 0.6 is 0 Å². The summed E-state index contributed by atoms with van der Waals surface area (Å²) in [5, 5.41) is 16.4. The lowest BCUT2D eigenvalue weighted by atomic mass is 10.1. The molecule has 0 aliphatic carbocycles. The maximum absolute atomic E-state index is 9.92. The van der Waals surface area contributed by atoms with E-state index >= 15 is 0 Å². The molecule has 1 unspecified atom stereocenters. The maximum Gasteiger partial charge on any atom is 0.203 e. The number of aliphatic imine (C=N–C) groups is 2. The van der Waals surface area contributed by atoms with Gasteiger partial charge in [0.2, 0.25) is 5.96 Å². The second-order valence-corrected chi connectivity index (χ2v) is 10.8. The minimum absolute atomic E-state index is 0.437. The lowest BCUT2D eigenvalue weighted by molar-refractivity contribution is -0.137. The summed E-state index contributed by atoms with van der Waals surface area (Å²) < 4.78 is 17.1. The Balaban J connectivity index is 0.992. The maximum atomic E-state index is 9.92. The molecule has 7 rings (SSSR count). The van der Waals surface area contributed by atoms with Crippen molar-refractivity contribution in [2.75, 3.05) is 80.8 Å². The fourth-order valence-electron chi connectivity index (χ4n) is 6.03. The van der Waals surface area contributed by atoms with Crippen LogP contribution in [0.1, 0.15) is 23.7 Å². The third-order valence-electron chi connectivity index (χ3n) is 8.40. The smallest absolute Gasteiger partial charge is 0.203 e. The number of ether oxygens (including phenoxy) is 3. The second-order valence-electron chi connectivity index (χ2n) is 10.8. The Labute approximate surface area is 234 Å². The van der Waals surface area contributed by atoms with E-state index in [0.717, 1.165) is 69.3 Å². The van der Waals surface area contributed by atoms with Gasteiger partial charge in [-0.25, -0.2) is 9.98 Å². The van der Waals surface area contributed by atoms with Gasteiger partial charge in [0, 0.05) is 50.5 Å². The molecular formula is C29H34N8O3. The van der Waals surface area contributed by atoms with Crippen LogP contribution in [0.2, 0.25) is 0 Å². The van der Waals surface area contributed by atoms with Gasteiger partial charge in [0.1, 0.15) is 6.07 Å². The van der Waals surface area contributed by atoms with Gasteiger partial charge in [-0.2, -0.15) is 5.26 Å². The molecule has 0 radical (unpaired) electrons. The number of nitrogens with one attached hydrogen (secondary N) is 2. The zero-order valence-corrected chi connectivity index (χ0v) is 22.5. The SMILES string of the molecule is N#Cc1cc(C2N=CNC(Nc3ccc(N4CCN(C5COC5)CC4)cc3)=N2)ccc1N1CCC2(C1)OCCO2. The zero-order valence-electron chi connectivity index (χ0n) is 22.5. The molecule has 0 saturated carbocycles. The molecule has 11 heteroatoms. The molecule has 5 aliphatic rings. The predicted octanol–water partition coefficient (Wildman–Crippen LogP) is 2.13. The second kappa shape index (κ2) is 10.7. The minimum atomic E-state index is -0.534. The largest absolute Gasteiger partial charge is 0.378 e. The number of piperazine rings is 1. The minimum Gasteiger partial charge on any atom is -0.378 e. The Kier molecular flexibility index (Phi) is 6.77. The highest BCUT2D eigenvalue weighted by Gasteiger charge is 2.43. The molecule has 0 aromatic heterocycles. The summed E-state index contributed by atoms with van der Waals surface area (Å²) in [5.74, 6) is 0.0809. The summed E-state index contributed by atoms with van der Waals surface area (Å²) in [5.41, 5.74) is 4.53. The van der Waals surface area contributed by atoms with E-state index in [-0.39, 0.29) is 0 Å². The Hall–Kier alpha value is -3.69. The highest BCUT2D eigenvalue weighted by Crippen LogP contribution is 2.36. The van der Waals surface area contributed by atoms with E-state index in [1.807, 2.05) is 18.2 Å². The van der Waals surface area contributed by atoms with Crippen molar-refractivity contribution in [3.63, 3.8) is 0 Å². The molecule has 5 aliphatic heterocycles. The Morgan fingerprint density at radius 3 is 2.50 bits per heavy atom. The van der Waals surface area contributed by atoms with Crippen LogP contribution in [0, 0.1) is 11.3 Å². The molecular weight excluding hydrogens is 508 g/mol. The first-order valence-corrected chi connectivity index (χ1v) is 14.0. The molecule has 208 valence electrons. The van der Waals surface area contributed by atoms with Gasteiger partial charge in [-0.05, 0) is 42.0 Å². The van der Waals surface area contributed by atoms with E-state index in [9.17, 15) is 5.26 Å². The van der Waals surface area contributed by atoms with E-state index in [0.29, 0.717) is 37.3 Å². The molecule has 0 amide bonds. The van der Waals surface area contributed by atoms with E-state index < -0.39 is 12.0 Å². The quantitative estimate of drug-likeness (QED) is 0.587. The molecule has 1 spiro atoms. The first-order chi connectivity index (χ1) is 19.7. The van der Waals surface area contributed by atoms with Crippen LogP contribution < -0.4 is 20.4 Å². The molecule has 40 heavy (non-hydrogen) atoms. The van der Waals surface area contributed by atoms with Crippen molar-refractivity contribution in [2.45, 2.75) is 24.4 Å². The third kappa shape index (κ3) is 4.99. The first kappa shape index (κ1) is 25.3.